The maximum Gasteiger partial charge on any atom is 0.342 e. The van der Waals surface area contributed by atoms with E-state index in [0.29, 0.717) is 0 Å². The van der Waals surface area contributed by atoms with E-state index < -0.39 is 17.2 Å². The van der Waals surface area contributed by atoms with Gasteiger partial charge in [-0.15, -0.1) is 0 Å². The first-order valence-corrected chi connectivity index (χ1v) is 4.75. The number of hydrogen-bond acceptors (Lipinski definition) is 3. The molecule has 0 saturated carbocycles. The summed E-state index contributed by atoms with van der Waals surface area (Å²) in [4.78, 5) is 10.7. The molecule has 1 atom stereocenters. The van der Waals surface area contributed by atoms with E-state index in [9.17, 15) is 9.00 Å². The van der Waals surface area contributed by atoms with Crippen molar-refractivity contribution in [1.82, 2.24) is 9.78 Å². The van der Waals surface area contributed by atoms with Crippen LogP contribution in [0.15, 0.2) is 0 Å². The fraction of sp³-hybridized carbons (Fsp3) is 0.200. The lowest BCUT2D eigenvalue weighted by molar-refractivity contribution is 0.0698. The number of halogens is 1. The minimum Gasteiger partial charge on any atom is -0.477 e. The monoisotopic (exact) mass is 239 g/mol. The van der Waals surface area contributed by atoms with Gasteiger partial charge in [-0.25, -0.2) is 13.7 Å². The molecule has 14 heavy (non-hydrogen) atoms. The smallest absolute Gasteiger partial charge is 0.342 e. The first-order chi connectivity index (χ1) is 6.43. The van der Waals surface area contributed by atoms with Gasteiger partial charge in [0.2, 0.25) is 0 Å². The summed E-state index contributed by atoms with van der Waals surface area (Å²) in [5, 5.41) is 12.1. The van der Waals surface area contributed by atoms with Crippen molar-refractivity contribution in [2.75, 3.05) is 4.72 Å². The summed E-state index contributed by atoms with van der Waals surface area (Å²) in [6, 6.07) is 0. The van der Waals surface area contributed by atoms with Gasteiger partial charge in [-0.05, 0) is 0 Å². The van der Waals surface area contributed by atoms with E-state index in [1.54, 1.807) is 0 Å². The van der Waals surface area contributed by atoms with Crippen LogP contribution in [0.2, 0.25) is 5.15 Å². The number of carboxylic acid groups (broad SMARTS) is 1. The van der Waals surface area contributed by atoms with Gasteiger partial charge in [0, 0.05) is 7.05 Å². The maximum atomic E-state index is 10.7. The largest absolute Gasteiger partial charge is 0.477 e. The number of hydrogen-bond donors (Lipinski definition) is 3. The molecule has 3 N–H and O–H groups in total. The Balaban J connectivity index is 3.24. The highest BCUT2D eigenvalue weighted by molar-refractivity contribution is 7.80. The summed E-state index contributed by atoms with van der Waals surface area (Å²) in [6.07, 6.45) is 0. The van der Waals surface area contributed by atoms with Crippen LogP contribution in [0.25, 0.3) is 0 Å². The predicted octanol–water partition coefficient (Wildman–Crippen LogP) is 0.320. The third kappa shape index (κ3) is 2.03. The summed E-state index contributed by atoms with van der Waals surface area (Å²) >= 11 is 3.12. The minimum atomic E-state index is -2.37. The number of aromatic carboxylic acids is 1. The van der Waals surface area contributed by atoms with Crippen molar-refractivity contribution in [1.29, 1.82) is 0 Å². The number of nitrogens with one attached hydrogen (secondary N) is 1. The van der Waals surface area contributed by atoms with E-state index in [4.69, 9.17) is 21.3 Å². The van der Waals surface area contributed by atoms with Crippen LogP contribution in [0.4, 0.5) is 5.82 Å². The molecule has 0 amide bonds. The summed E-state index contributed by atoms with van der Waals surface area (Å²) in [6.45, 7) is 0. The van der Waals surface area contributed by atoms with Gasteiger partial charge in [0.1, 0.15) is 5.56 Å². The molecule has 1 rings (SSSR count). The highest BCUT2D eigenvalue weighted by Crippen LogP contribution is 2.23. The molecule has 1 unspecified atom stereocenters. The minimum absolute atomic E-state index is 0.122. The Morgan fingerprint density at radius 3 is 2.71 bits per heavy atom. The molecular formula is C5H6ClN3O4S. The third-order valence-electron chi connectivity index (χ3n) is 1.40. The van der Waals surface area contributed by atoms with E-state index in [2.05, 4.69) is 5.10 Å². The predicted molar refractivity (Wildman–Crippen MR) is 49.6 cm³/mol. The Hall–Kier alpha value is -1.12. The molecule has 1 aromatic rings. The zero-order valence-electron chi connectivity index (χ0n) is 6.89. The molecule has 0 spiro atoms. The van der Waals surface area contributed by atoms with Crippen LogP contribution in [0.3, 0.4) is 0 Å². The summed E-state index contributed by atoms with van der Waals surface area (Å²) in [5.41, 5.74) is -0.337. The van der Waals surface area contributed by atoms with Crippen molar-refractivity contribution < 1.29 is 18.7 Å². The average Bonchev–Trinajstić information content (AvgIpc) is 2.25. The van der Waals surface area contributed by atoms with Crippen LogP contribution in [0.5, 0.6) is 0 Å². The average molecular weight is 240 g/mol. The number of nitrogens with zero attached hydrogens (tertiary/aromatic N) is 2. The normalized spacial score (nSPS) is 12.5. The highest BCUT2D eigenvalue weighted by Gasteiger charge is 2.21. The molecule has 1 aromatic heterocycles. The molecule has 9 heteroatoms. The fourth-order valence-electron chi connectivity index (χ4n) is 0.881. The molecule has 0 aliphatic carbocycles. The number of rotatable bonds is 3. The Morgan fingerprint density at radius 2 is 2.29 bits per heavy atom. The van der Waals surface area contributed by atoms with Crippen LogP contribution in [0.1, 0.15) is 10.4 Å². The second-order valence-electron chi connectivity index (χ2n) is 2.29. The fourth-order valence-corrected chi connectivity index (χ4v) is 1.56. The molecule has 0 aliphatic rings. The van der Waals surface area contributed by atoms with Gasteiger partial charge in [-0.1, -0.05) is 11.6 Å². The van der Waals surface area contributed by atoms with E-state index in [0.717, 1.165) is 4.68 Å². The highest BCUT2D eigenvalue weighted by atomic mass is 35.5. The first-order valence-electron chi connectivity index (χ1n) is 3.26. The van der Waals surface area contributed by atoms with Crippen LogP contribution < -0.4 is 4.72 Å². The number of aromatic nitrogens is 2. The standard InChI is InChI=1S/C5H6ClN3O4S/c1-9-4(8-14(12)13)2(5(10)11)3(6)7-9/h8H,1H3,(H,10,11)(H,12,13). The molecule has 0 saturated heterocycles. The van der Waals surface area contributed by atoms with Crippen molar-refractivity contribution >= 4 is 34.7 Å². The van der Waals surface area contributed by atoms with Gasteiger partial charge in [0.15, 0.2) is 11.0 Å². The Bertz CT molecular complexity index is 404. The summed E-state index contributed by atoms with van der Waals surface area (Å²) in [7, 11) is 1.40. The second kappa shape index (κ2) is 3.95. The van der Waals surface area contributed by atoms with Crippen molar-refractivity contribution in [2.45, 2.75) is 0 Å². The lowest BCUT2D eigenvalue weighted by atomic mass is 10.3. The van der Waals surface area contributed by atoms with Crippen molar-refractivity contribution in [3.63, 3.8) is 0 Å². The molecule has 0 radical (unpaired) electrons. The van der Waals surface area contributed by atoms with Crippen LogP contribution >= 0.6 is 11.6 Å². The Labute approximate surface area is 86.1 Å². The topological polar surface area (TPSA) is 104 Å². The molecular weight excluding hydrogens is 234 g/mol. The second-order valence-corrected chi connectivity index (χ2v) is 3.35. The van der Waals surface area contributed by atoms with Crippen LogP contribution in [0, 0.1) is 0 Å². The van der Waals surface area contributed by atoms with Gasteiger partial charge >= 0.3 is 5.97 Å². The van der Waals surface area contributed by atoms with Crippen molar-refractivity contribution in [3.8, 4) is 0 Å². The van der Waals surface area contributed by atoms with Gasteiger partial charge in [0.05, 0.1) is 0 Å². The zero-order valence-corrected chi connectivity index (χ0v) is 8.46. The van der Waals surface area contributed by atoms with E-state index >= 15 is 0 Å². The lowest BCUT2D eigenvalue weighted by Gasteiger charge is -2.01. The van der Waals surface area contributed by atoms with Gasteiger partial charge < -0.3 is 5.11 Å². The quantitative estimate of drug-likeness (QED) is 0.659. The van der Waals surface area contributed by atoms with Crippen LogP contribution in [-0.4, -0.2) is 29.6 Å². The van der Waals surface area contributed by atoms with Gasteiger partial charge in [0.25, 0.3) is 11.3 Å². The lowest BCUT2D eigenvalue weighted by Crippen LogP contribution is -2.10. The number of aryl methyl sites for hydroxylation is 1. The molecule has 0 aromatic carbocycles. The van der Waals surface area contributed by atoms with Crippen molar-refractivity contribution in [3.05, 3.63) is 10.7 Å². The maximum absolute atomic E-state index is 10.7. The summed E-state index contributed by atoms with van der Waals surface area (Å²) < 4.78 is 22.0. The van der Waals surface area contributed by atoms with Gasteiger partial charge in [-0.2, -0.15) is 5.10 Å². The Kier molecular flexibility index (Phi) is 3.09. The molecule has 0 fully saturated rings. The first kappa shape index (κ1) is 11.0. The molecule has 78 valence electrons. The van der Waals surface area contributed by atoms with E-state index in [-0.39, 0.29) is 16.5 Å². The number of anilines is 1. The molecule has 1 heterocycles. The summed E-state index contributed by atoms with van der Waals surface area (Å²) in [5.74, 6) is -1.45. The zero-order chi connectivity index (χ0) is 10.9. The number of carboxylic acids is 1. The van der Waals surface area contributed by atoms with Crippen molar-refractivity contribution in [2.24, 2.45) is 7.05 Å². The number of carbonyl (C=O) groups is 1. The van der Waals surface area contributed by atoms with E-state index in [1.165, 1.54) is 7.05 Å². The SMILES string of the molecule is Cn1nc(Cl)c(C(=O)O)c1NS(=O)O. The Morgan fingerprint density at radius 1 is 1.71 bits per heavy atom. The van der Waals surface area contributed by atoms with E-state index in [1.807, 2.05) is 4.72 Å². The molecule has 0 aliphatic heterocycles. The van der Waals surface area contributed by atoms with Gasteiger partial charge in [-0.3, -0.25) is 9.27 Å². The van der Waals surface area contributed by atoms with Crippen LogP contribution in [-0.2, 0) is 18.3 Å². The third-order valence-corrected chi connectivity index (χ3v) is 2.03. The molecule has 0 bridgehead atoms. The molecule has 7 nitrogen and oxygen atoms in total.